The molecule has 0 aromatic carbocycles. The molecule has 10 nitrogen and oxygen atoms in total. The van der Waals surface area contributed by atoms with E-state index in [2.05, 4.69) is 22.7 Å². The zero-order valence-electron chi connectivity index (χ0n) is 22.3. The minimum atomic E-state index is -0.593. The Kier molecular flexibility index (Phi) is 8.81. The van der Waals surface area contributed by atoms with Crippen LogP contribution in [-0.2, 0) is 22.5 Å². The lowest BCUT2D eigenvalue weighted by atomic mass is 9.85. The van der Waals surface area contributed by atoms with E-state index >= 15 is 0 Å². The number of rotatable bonds is 11. The summed E-state index contributed by atoms with van der Waals surface area (Å²) in [4.78, 5) is 22.5. The van der Waals surface area contributed by atoms with Crippen LogP contribution < -0.4 is 25.9 Å². The summed E-state index contributed by atoms with van der Waals surface area (Å²) in [5, 5.41) is 11.8. The molecule has 4 rings (SSSR count). The van der Waals surface area contributed by atoms with Gasteiger partial charge in [-0.1, -0.05) is 33.6 Å². The summed E-state index contributed by atoms with van der Waals surface area (Å²) in [5.74, 6) is 1.56. The first-order valence-electron chi connectivity index (χ1n) is 13.2. The molecule has 3 heterocycles. The monoisotopic (exact) mass is 510 g/mol. The highest BCUT2D eigenvalue weighted by Crippen LogP contribution is 2.29. The van der Waals surface area contributed by atoms with Crippen LogP contribution >= 0.6 is 0 Å². The fourth-order valence-electron chi connectivity index (χ4n) is 4.71. The van der Waals surface area contributed by atoms with Gasteiger partial charge in [0, 0.05) is 46.5 Å². The van der Waals surface area contributed by atoms with Crippen molar-refractivity contribution in [2.24, 2.45) is 17.6 Å². The van der Waals surface area contributed by atoms with Crippen LogP contribution in [0.3, 0.4) is 0 Å². The van der Waals surface area contributed by atoms with E-state index in [0.717, 1.165) is 60.5 Å². The molecule has 37 heavy (non-hydrogen) atoms. The van der Waals surface area contributed by atoms with E-state index < -0.39 is 6.04 Å². The summed E-state index contributed by atoms with van der Waals surface area (Å²) in [6.07, 6.45) is 10.7. The first kappa shape index (κ1) is 26.7. The molecule has 0 saturated heterocycles. The van der Waals surface area contributed by atoms with Gasteiger partial charge in [0.15, 0.2) is 5.65 Å². The molecule has 0 bridgehead atoms. The number of aromatic nitrogens is 4. The van der Waals surface area contributed by atoms with Gasteiger partial charge in [-0.05, 0) is 31.2 Å². The van der Waals surface area contributed by atoms with E-state index in [9.17, 15) is 4.79 Å². The summed E-state index contributed by atoms with van der Waals surface area (Å²) in [6.45, 7) is 6.93. The molecule has 10 heteroatoms. The van der Waals surface area contributed by atoms with Crippen molar-refractivity contribution < 1.29 is 19.1 Å². The van der Waals surface area contributed by atoms with Gasteiger partial charge in [-0.2, -0.15) is 9.61 Å². The lowest BCUT2D eigenvalue weighted by Gasteiger charge is -2.32. The second-order valence-corrected chi connectivity index (χ2v) is 10.1. The number of fused-ring (bicyclic) bond motifs is 1. The van der Waals surface area contributed by atoms with E-state index in [1.807, 2.05) is 55.2 Å². The van der Waals surface area contributed by atoms with E-state index in [-0.39, 0.29) is 23.8 Å². The molecular formula is C27H40N7O3+. The van der Waals surface area contributed by atoms with Crippen molar-refractivity contribution in [1.29, 1.82) is 0 Å². The number of carbonyl (C=O) groups excluding carboxylic acids is 1. The fraction of sp³-hybridized carbons (Fsp3) is 0.556. The predicted molar refractivity (Wildman–Crippen MR) is 142 cm³/mol. The quantitative estimate of drug-likeness (QED) is 0.266. The number of esters is 1. The van der Waals surface area contributed by atoms with Crippen molar-refractivity contribution in [3.05, 3.63) is 47.9 Å². The molecule has 3 aromatic heterocycles. The SMILES string of the molecule is CCc1cnn2c(NCc3ccc[n+](OC)c3)cc(N[C@H]3CCCC[C@H]3COC(=O)[C@@H](N)C(C)C)nc12. The Labute approximate surface area is 218 Å². The van der Waals surface area contributed by atoms with Crippen molar-refractivity contribution in [2.75, 3.05) is 24.4 Å². The maximum absolute atomic E-state index is 12.3. The molecule has 0 amide bonds. The Morgan fingerprint density at radius 2 is 2.14 bits per heavy atom. The molecule has 3 aromatic rings. The number of nitrogens with zero attached hydrogens (tertiary/aromatic N) is 4. The van der Waals surface area contributed by atoms with Crippen LogP contribution in [0.5, 0.6) is 0 Å². The van der Waals surface area contributed by atoms with Crippen molar-refractivity contribution in [3.63, 3.8) is 0 Å². The molecule has 1 fully saturated rings. The Morgan fingerprint density at radius 1 is 1.32 bits per heavy atom. The van der Waals surface area contributed by atoms with Crippen molar-refractivity contribution in [2.45, 2.75) is 71.5 Å². The molecule has 0 unspecified atom stereocenters. The van der Waals surface area contributed by atoms with E-state index in [1.165, 1.54) is 0 Å². The molecule has 1 saturated carbocycles. The van der Waals surface area contributed by atoms with Crippen molar-refractivity contribution >= 4 is 23.3 Å². The Bertz CT molecular complexity index is 1200. The lowest BCUT2D eigenvalue weighted by molar-refractivity contribution is -0.885. The molecule has 4 N–H and O–H groups in total. The largest absolute Gasteiger partial charge is 0.464 e. The van der Waals surface area contributed by atoms with Gasteiger partial charge in [0.1, 0.15) is 24.8 Å². The third-order valence-corrected chi connectivity index (χ3v) is 7.12. The Balaban J connectivity index is 1.52. The maximum Gasteiger partial charge on any atom is 0.323 e. The number of aryl methyl sites for hydroxylation is 1. The molecule has 0 spiro atoms. The van der Waals surface area contributed by atoms with Crippen LogP contribution in [0.4, 0.5) is 11.6 Å². The fourth-order valence-corrected chi connectivity index (χ4v) is 4.71. The van der Waals surface area contributed by atoms with E-state index in [4.69, 9.17) is 20.3 Å². The highest BCUT2D eigenvalue weighted by molar-refractivity contribution is 5.75. The van der Waals surface area contributed by atoms with Crippen LogP contribution in [0.15, 0.2) is 36.8 Å². The third kappa shape index (κ3) is 6.49. The van der Waals surface area contributed by atoms with Gasteiger partial charge in [-0.25, -0.2) is 4.98 Å². The first-order chi connectivity index (χ1) is 17.9. The van der Waals surface area contributed by atoms with Gasteiger partial charge >= 0.3 is 5.97 Å². The second kappa shape index (κ2) is 12.2. The summed E-state index contributed by atoms with van der Waals surface area (Å²) in [5.41, 5.74) is 8.97. The van der Waals surface area contributed by atoms with Crippen LogP contribution in [0, 0.1) is 11.8 Å². The molecule has 1 aliphatic carbocycles. The van der Waals surface area contributed by atoms with E-state index in [0.29, 0.717) is 13.2 Å². The van der Waals surface area contributed by atoms with Gasteiger partial charge < -0.3 is 21.1 Å². The zero-order chi connectivity index (χ0) is 26.4. The maximum atomic E-state index is 12.3. The van der Waals surface area contributed by atoms with Gasteiger partial charge in [0.05, 0.1) is 12.8 Å². The second-order valence-electron chi connectivity index (χ2n) is 10.1. The Hall–Kier alpha value is -3.40. The standard InChI is InChI=1S/C27H40N7O3/c1-5-20-15-30-34-24(29-14-19-9-8-12-33(16-19)36-4)13-23(32-26(20)34)31-22-11-7-6-10-21(22)17-37-27(35)25(28)18(2)3/h8-9,12-13,15-16,18,21-22,25,29H,5-7,10-11,14,17,28H2,1-4H3,(H,31,32)/q+1/t21-,22-,25-/m0/s1. The number of anilines is 2. The lowest BCUT2D eigenvalue weighted by Crippen LogP contribution is -2.40. The summed E-state index contributed by atoms with van der Waals surface area (Å²) in [7, 11) is 1.63. The number of pyridine rings is 1. The van der Waals surface area contributed by atoms with Crippen LogP contribution in [-0.4, -0.2) is 46.4 Å². The zero-order valence-corrected chi connectivity index (χ0v) is 22.3. The average Bonchev–Trinajstić information content (AvgIpc) is 3.33. The van der Waals surface area contributed by atoms with Crippen molar-refractivity contribution in [3.8, 4) is 0 Å². The number of nitrogens with two attached hydrogens (primary N) is 1. The molecule has 3 atom stereocenters. The highest BCUT2D eigenvalue weighted by Gasteiger charge is 2.28. The van der Waals surface area contributed by atoms with Crippen LogP contribution in [0.1, 0.15) is 57.6 Å². The molecular weight excluding hydrogens is 470 g/mol. The van der Waals surface area contributed by atoms with E-state index in [1.54, 1.807) is 11.8 Å². The van der Waals surface area contributed by atoms with Crippen LogP contribution in [0.25, 0.3) is 5.65 Å². The summed E-state index contributed by atoms with van der Waals surface area (Å²) in [6, 6.07) is 5.55. The number of hydrogen-bond acceptors (Lipinski definition) is 8. The summed E-state index contributed by atoms with van der Waals surface area (Å²) < 4.78 is 9.15. The molecule has 200 valence electrons. The number of ether oxygens (including phenoxy) is 1. The number of carbonyl (C=O) groups is 1. The normalized spacial score (nSPS) is 18.5. The predicted octanol–water partition coefficient (Wildman–Crippen LogP) is 2.75. The first-order valence-corrected chi connectivity index (χ1v) is 13.2. The van der Waals surface area contributed by atoms with Crippen molar-refractivity contribution in [1.82, 2.24) is 14.6 Å². The minimum absolute atomic E-state index is 0.0496. The van der Waals surface area contributed by atoms with Gasteiger partial charge in [0.2, 0.25) is 12.4 Å². The number of nitrogens with one attached hydrogen (secondary N) is 2. The highest BCUT2D eigenvalue weighted by atomic mass is 16.6. The smallest absolute Gasteiger partial charge is 0.323 e. The Morgan fingerprint density at radius 3 is 2.89 bits per heavy atom. The van der Waals surface area contributed by atoms with Gasteiger partial charge in [0.25, 0.3) is 0 Å². The average molecular weight is 511 g/mol. The van der Waals surface area contributed by atoms with Crippen LogP contribution in [0.2, 0.25) is 0 Å². The molecule has 0 radical (unpaired) electrons. The number of hydrogen-bond donors (Lipinski definition) is 3. The topological polar surface area (TPSA) is 120 Å². The minimum Gasteiger partial charge on any atom is -0.464 e. The summed E-state index contributed by atoms with van der Waals surface area (Å²) >= 11 is 0. The molecule has 0 aliphatic heterocycles. The molecule has 1 aliphatic rings. The van der Waals surface area contributed by atoms with Gasteiger partial charge in [-0.3, -0.25) is 9.63 Å². The van der Waals surface area contributed by atoms with Gasteiger partial charge in [-0.15, -0.1) is 0 Å². The third-order valence-electron chi connectivity index (χ3n) is 7.12.